The second-order valence-corrected chi connectivity index (χ2v) is 4.63. The molecule has 0 aliphatic rings. The first kappa shape index (κ1) is 14.9. The minimum Gasteiger partial charge on any atom is -0.448 e. The number of para-hydroxylation sites is 1. The van der Waals surface area contributed by atoms with Crippen molar-refractivity contribution in [3.05, 3.63) is 57.9 Å². The van der Waals surface area contributed by atoms with E-state index in [0.29, 0.717) is 23.4 Å². The lowest BCUT2D eigenvalue weighted by atomic mass is 10.2. The van der Waals surface area contributed by atoms with Crippen LogP contribution in [0.2, 0.25) is 0 Å². The van der Waals surface area contributed by atoms with Gasteiger partial charge in [-0.3, -0.25) is 15.1 Å². The smallest absolute Gasteiger partial charge is 0.311 e. The maximum absolute atomic E-state index is 11.0. The molecule has 0 spiro atoms. The molecule has 1 heterocycles. The molecule has 0 bridgehead atoms. The van der Waals surface area contributed by atoms with Gasteiger partial charge in [-0.2, -0.15) is 0 Å². The van der Waals surface area contributed by atoms with Crippen molar-refractivity contribution in [2.45, 2.75) is 26.4 Å². The number of aliphatic hydroxyl groups is 1. The van der Waals surface area contributed by atoms with Crippen LogP contribution in [0, 0.1) is 17.0 Å². The Kier molecular flexibility index (Phi) is 4.49. The fourth-order valence-corrected chi connectivity index (χ4v) is 1.89. The Hall–Kier alpha value is -2.47. The number of hydrogen-bond donors (Lipinski definition) is 1. The van der Waals surface area contributed by atoms with Crippen molar-refractivity contribution >= 4 is 5.69 Å². The van der Waals surface area contributed by atoms with Gasteiger partial charge in [-0.25, -0.2) is 0 Å². The summed E-state index contributed by atoms with van der Waals surface area (Å²) in [5.74, 6) is 0.590. The van der Waals surface area contributed by atoms with E-state index in [0.717, 1.165) is 0 Å². The first-order valence-electron chi connectivity index (χ1n) is 6.58. The topological polar surface area (TPSA) is 85.5 Å². The van der Waals surface area contributed by atoms with Crippen LogP contribution in [0.4, 0.5) is 5.69 Å². The highest BCUT2D eigenvalue weighted by Crippen LogP contribution is 2.34. The summed E-state index contributed by atoms with van der Waals surface area (Å²) in [5, 5.41) is 20.7. The number of nitro benzene ring substituents is 1. The fourth-order valence-electron chi connectivity index (χ4n) is 1.89. The van der Waals surface area contributed by atoms with Crippen molar-refractivity contribution in [2.75, 3.05) is 0 Å². The number of nitrogens with zero attached hydrogens (tertiary/aromatic N) is 2. The van der Waals surface area contributed by atoms with Crippen molar-refractivity contribution in [1.29, 1.82) is 0 Å². The molecule has 2 aromatic rings. The summed E-state index contributed by atoms with van der Waals surface area (Å²) >= 11 is 0. The van der Waals surface area contributed by atoms with E-state index in [1.165, 1.54) is 12.3 Å². The third kappa shape index (κ3) is 3.35. The minimum atomic E-state index is -0.619. The Morgan fingerprint density at radius 1 is 1.38 bits per heavy atom. The zero-order chi connectivity index (χ0) is 15.4. The van der Waals surface area contributed by atoms with Crippen molar-refractivity contribution in [3.63, 3.8) is 0 Å². The molecule has 0 saturated heterocycles. The van der Waals surface area contributed by atoms with E-state index in [2.05, 4.69) is 4.98 Å². The maximum atomic E-state index is 11.0. The van der Waals surface area contributed by atoms with Crippen molar-refractivity contribution in [2.24, 2.45) is 0 Å². The van der Waals surface area contributed by atoms with Gasteiger partial charge in [-0.05, 0) is 31.0 Å². The highest BCUT2D eigenvalue weighted by atomic mass is 16.6. The molecule has 0 saturated carbocycles. The molecule has 0 aliphatic carbocycles. The molecule has 0 radical (unpaired) electrons. The van der Waals surface area contributed by atoms with Crippen LogP contribution >= 0.6 is 0 Å². The largest absolute Gasteiger partial charge is 0.448 e. The summed E-state index contributed by atoms with van der Waals surface area (Å²) in [6.45, 7) is 3.60. The number of ether oxygens (including phenoxy) is 1. The zero-order valence-electron chi connectivity index (χ0n) is 11.8. The van der Waals surface area contributed by atoms with Gasteiger partial charge in [-0.15, -0.1) is 0 Å². The Labute approximate surface area is 122 Å². The van der Waals surface area contributed by atoms with Crippen LogP contribution in [-0.4, -0.2) is 15.0 Å². The Balaban J connectivity index is 2.28. The first-order valence-corrected chi connectivity index (χ1v) is 6.58. The fraction of sp³-hybridized carbons (Fsp3) is 0.267. The van der Waals surface area contributed by atoms with Gasteiger partial charge in [0.2, 0.25) is 5.75 Å². The molecular weight excluding hydrogens is 272 g/mol. The average Bonchev–Trinajstić information content (AvgIpc) is 2.49. The van der Waals surface area contributed by atoms with Gasteiger partial charge in [0, 0.05) is 6.07 Å². The lowest BCUT2D eigenvalue weighted by molar-refractivity contribution is -0.385. The zero-order valence-corrected chi connectivity index (χ0v) is 11.8. The number of aliphatic hydroxyl groups excluding tert-OH is 1. The molecule has 6 nitrogen and oxygen atoms in total. The molecule has 6 heteroatoms. The second-order valence-electron chi connectivity index (χ2n) is 4.63. The Morgan fingerprint density at radius 2 is 2.14 bits per heavy atom. The van der Waals surface area contributed by atoms with Crippen LogP contribution in [0.15, 0.2) is 36.5 Å². The van der Waals surface area contributed by atoms with Gasteiger partial charge in [0.25, 0.3) is 0 Å². The number of pyridine rings is 1. The van der Waals surface area contributed by atoms with Gasteiger partial charge in [0.05, 0.1) is 22.9 Å². The number of hydrogen-bond acceptors (Lipinski definition) is 5. The summed E-state index contributed by atoms with van der Waals surface area (Å²) in [5.41, 5.74) is 1.12. The molecule has 1 aromatic heterocycles. The predicted octanol–water partition coefficient (Wildman–Crippen LogP) is 3.53. The number of benzene rings is 1. The lowest BCUT2D eigenvalue weighted by Gasteiger charge is -2.10. The molecule has 1 unspecified atom stereocenters. The van der Waals surface area contributed by atoms with Crippen LogP contribution in [-0.2, 0) is 0 Å². The van der Waals surface area contributed by atoms with Crippen molar-refractivity contribution in [3.8, 4) is 11.5 Å². The predicted molar refractivity (Wildman–Crippen MR) is 77.4 cm³/mol. The summed E-state index contributed by atoms with van der Waals surface area (Å²) in [6.07, 6.45) is 1.40. The monoisotopic (exact) mass is 288 g/mol. The Bertz CT molecular complexity index is 641. The van der Waals surface area contributed by atoms with E-state index in [1.54, 1.807) is 31.2 Å². The normalized spacial score (nSPS) is 12.0. The summed E-state index contributed by atoms with van der Waals surface area (Å²) < 4.78 is 5.58. The van der Waals surface area contributed by atoms with Gasteiger partial charge in [-0.1, -0.05) is 19.1 Å². The van der Waals surface area contributed by atoms with E-state index < -0.39 is 11.0 Å². The third-order valence-corrected chi connectivity index (χ3v) is 3.10. The molecule has 0 fully saturated rings. The quantitative estimate of drug-likeness (QED) is 0.672. The van der Waals surface area contributed by atoms with Crippen LogP contribution in [0.1, 0.15) is 30.7 Å². The van der Waals surface area contributed by atoms with Gasteiger partial charge in [0.15, 0.2) is 0 Å². The molecule has 0 aliphatic heterocycles. The number of aromatic nitrogens is 1. The Morgan fingerprint density at radius 3 is 2.71 bits per heavy atom. The third-order valence-electron chi connectivity index (χ3n) is 3.10. The number of aryl methyl sites for hydroxylation is 1. The van der Waals surface area contributed by atoms with E-state index >= 15 is 0 Å². The van der Waals surface area contributed by atoms with E-state index in [-0.39, 0.29) is 11.4 Å². The highest BCUT2D eigenvalue weighted by molar-refractivity contribution is 5.52. The average molecular weight is 288 g/mol. The molecule has 1 N–H and O–H groups in total. The lowest BCUT2D eigenvalue weighted by Crippen LogP contribution is -1.99. The minimum absolute atomic E-state index is 0.0901. The molecule has 0 amide bonds. The molecule has 1 atom stereocenters. The van der Waals surface area contributed by atoms with Crippen LogP contribution < -0.4 is 4.74 Å². The summed E-state index contributed by atoms with van der Waals surface area (Å²) in [4.78, 5) is 14.6. The van der Waals surface area contributed by atoms with Crippen LogP contribution in [0.25, 0.3) is 0 Å². The standard InChI is InChI=1S/C15H16N2O4/c1-3-14(18)12-8-7-11(9-16-12)21-15-10(2)5-4-6-13(15)17(19)20/h4-9,14,18H,3H2,1-2H3. The van der Waals surface area contributed by atoms with Crippen molar-refractivity contribution < 1.29 is 14.8 Å². The first-order chi connectivity index (χ1) is 10.0. The summed E-state index contributed by atoms with van der Waals surface area (Å²) in [7, 11) is 0. The highest BCUT2D eigenvalue weighted by Gasteiger charge is 2.18. The van der Waals surface area contributed by atoms with Gasteiger partial charge >= 0.3 is 5.69 Å². The van der Waals surface area contributed by atoms with Gasteiger partial charge < -0.3 is 9.84 Å². The molecule has 110 valence electrons. The molecule has 21 heavy (non-hydrogen) atoms. The van der Waals surface area contributed by atoms with E-state index in [1.807, 2.05) is 6.92 Å². The van der Waals surface area contributed by atoms with Crippen LogP contribution in [0.3, 0.4) is 0 Å². The number of nitro groups is 1. The van der Waals surface area contributed by atoms with Crippen molar-refractivity contribution in [1.82, 2.24) is 4.98 Å². The molecule has 1 aromatic carbocycles. The van der Waals surface area contributed by atoms with E-state index in [9.17, 15) is 15.2 Å². The maximum Gasteiger partial charge on any atom is 0.311 e. The number of rotatable bonds is 5. The molecular formula is C15H16N2O4. The van der Waals surface area contributed by atoms with Gasteiger partial charge in [0.1, 0.15) is 5.75 Å². The van der Waals surface area contributed by atoms with E-state index in [4.69, 9.17) is 4.74 Å². The second kappa shape index (κ2) is 6.32. The SMILES string of the molecule is CCC(O)c1ccc(Oc2c(C)cccc2[N+](=O)[O-])cn1. The molecule has 2 rings (SSSR count). The summed E-state index contributed by atoms with van der Waals surface area (Å²) in [6, 6.07) is 8.03. The van der Waals surface area contributed by atoms with Crippen LogP contribution in [0.5, 0.6) is 11.5 Å².